The number of aryl methyl sites for hydroxylation is 2. The van der Waals surface area contributed by atoms with Crippen LogP contribution in [0.3, 0.4) is 0 Å². The van der Waals surface area contributed by atoms with Gasteiger partial charge in [-0.05, 0) is 37.4 Å². The van der Waals surface area contributed by atoms with Crippen LogP contribution >= 0.6 is 11.3 Å². The lowest BCUT2D eigenvalue weighted by atomic mass is 10.1. The Hall–Kier alpha value is -2.93. The summed E-state index contributed by atoms with van der Waals surface area (Å²) >= 11 is 1.57. The van der Waals surface area contributed by atoms with Crippen LogP contribution in [0.2, 0.25) is 0 Å². The maximum Gasteiger partial charge on any atom is 0.309 e. The number of aromatic nitrogens is 2. The average Bonchev–Trinajstić information content (AvgIpc) is 3.33. The average molecular weight is 353 g/mol. The van der Waals surface area contributed by atoms with Gasteiger partial charge in [-0.25, -0.2) is 0 Å². The summed E-state index contributed by atoms with van der Waals surface area (Å²) < 4.78 is 11.3. The molecule has 1 amide bonds. The van der Waals surface area contributed by atoms with Crippen LogP contribution in [0.4, 0.5) is 0 Å². The molecule has 126 valence electrons. The second-order valence-corrected chi connectivity index (χ2v) is 6.76. The van der Waals surface area contributed by atoms with Gasteiger partial charge in [0.25, 0.3) is 5.89 Å². The summed E-state index contributed by atoms with van der Waals surface area (Å²) in [4.78, 5) is 13.2. The number of thiophene rings is 1. The zero-order valence-electron chi connectivity index (χ0n) is 13.7. The zero-order valence-corrected chi connectivity index (χ0v) is 14.5. The van der Waals surface area contributed by atoms with E-state index in [1.165, 1.54) is 0 Å². The molecular weight excluding hydrogens is 338 g/mol. The van der Waals surface area contributed by atoms with E-state index in [4.69, 9.17) is 8.83 Å². The Morgan fingerprint density at radius 3 is 2.88 bits per heavy atom. The number of amides is 1. The molecule has 0 aliphatic rings. The van der Waals surface area contributed by atoms with Gasteiger partial charge in [-0.2, -0.15) is 0 Å². The SMILES string of the molecule is Cc1ccc2oc(-c3nnc(C(=O)NCc4cccs4)o3)c(C)c2c1. The first kappa shape index (κ1) is 15.6. The lowest BCUT2D eigenvalue weighted by molar-refractivity contribution is 0.0917. The molecule has 0 saturated heterocycles. The van der Waals surface area contributed by atoms with Crippen molar-refractivity contribution in [2.75, 3.05) is 0 Å². The van der Waals surface area contributed by atoms with Gasteiger partial charge >= 0.3 is 11.8 Å². The minimum Gasteiger partial charge on any atom is -0.451 e. The van der Waals surface area contributed by atoms with E-state index in [0.29, 0.717) is 12.3 Å². The van der Waals surface area contributed by atoms with Gasteiger partial charge in [-0.15, -0.1) is 21.5 Å². The second kappa shape index (κ2) is 6.18. The van der Waals surface area contributed by atoms with Crippen molar-refractivity contribution >= 4 is 28.2 Å². The van der Waals surface area contributed by atoms with Crippen molar-refractivity contribution in [2.45, 2.75) is 20.4 Å². The predicted molar refractivity (Wildman–Crippen MR) is 94.5 cm³/mol. The van der Waals surface area contributed by atoms with Gasteiger partial charge in [0, 0.05) is 15.8 Å². The summed E-state index contributed by atoms with van der Waals surface area (Å²) in [6.07, 6.45) is 0. The molecular formula is C18H15N3O3S. The number of nitrogens with one attached hydrogen (secondary N) is 1. The van der Waals surface area contributed by atoms with E-state index in [1.807, 2.05) is 49.6 Å². The van der Waals surface area contributed by atoms with Crippen molar-refractivity contribution in [1.82, 2.24) is 15.5 Å². The molecule has 4 rings (SSSR count). The highest BCUT2D eigenvalue weighted by molar-refractivity contribution is 7.09. The highest BCUT2D eigenvalue weighted by atomic mass is 32.1. The van der Waals surface area contributed by atoms with Gasteiger partial charge in [0.1, 0.15) is 5.58 Å². The summed E-state index contributed by atoms with van der Waals surface area (Å²) in [5, 5.41) is 13.5. The van der Waals surface area contributed by atoms with E-state index < -0.39 is 5.91 Å². The molecule has 0 aliphatic carbocycles. The van der Waals surface area contributed by atoms with Crippen LogP contribution in [0.25, 0.3) is 22.6 Å². The number of hydrogen-bond acceptors (Lipinski definition) is 6. The predicted octanol–water partition coefficient (Wildman–Crippen LogP) is 4.09. The minimum atomic E-state index is -0.406. The first-order valence-electron chi connectivity index (χ1n) is 7.76. The van der Waals surface area contributed by atoms with Crippen LogP contribution in [0, 0.1) is 13.8 Å². The Labute approximate surface area is 147 Å². The van der Waals surface area contributed by atoms with Gasteiger partial charge in [-0.3, -0.25) is 4.79 Å². The van der Waals surface area contributed by atoms with E-state index in [0.717, 1.165) is 27.0 Å². The van der Waals surface area contributed by atoms with E-state index in [-0.39, 0.29) is 11.8 Å². The first-order valence-corrected chi connectivity index (χ1v) is 8.64. The molecule has 0 atom stereocenters. The summed E-state index contributed by atoms with van der Waals surface area (Å²) in [5.41, 5.74) is 2.80. The van der Waals surface area contributed by atoms with Crippen molar-refractivity contribution in [3.05, 3.63) is 57.6 Å². The molecule has 4 aromatic rings. The normalized spacial score (nSPS) is 11.1. The Morgan fingerprint density at radius 2 is 2.08 bits per heavy atom. The van der Waals surface area contributed by atoms with Gasteiger partial charge < -0.3 is 14.2 Å². The van der Waals surface area contributed by atoms with Crippen LogP contribution in [0.5, 0.6) is 0 Å². The van der Waals surface area contributed by atoms with E-state index in [2.05, 4.69) is 15.5 Å². The molecule has 6 nitrogen and oxygen atoms in total. The van der Waals surface area contributed by atoms with Crippen LogP contribution in [-0.2, 0) is 6.54 Å². The molecule has 7 heteroatoms. The third kappa shape index (κ3) is 2.94. The van der Waals surface area contributed by atoms with Crippen molar-refractivity contribution in [3.8, 4) is 11.7 Å². The third-order valence-corrected chi connectivity index (χ3v) is 4.78. The number of carbonyl (C=O) groups excluding carboxylic acids is 1. The summed E-state index contributed by atoms with van der Waals surface area (Å²) in [6.45, 7) is 4.38. The van der Waals surface area contributed by atoms with Crippen molar-refractivity contribution in [1.29, 1.82) is 0 Å². The molecule has 0 spiro atoms. The topological polar surface area (TPSA) is 81.2 Å². The summed E-state index contributed by atoms with van der Waals surface area (Å²) in [6, 6.07) is 9.81. The largest absolute Gasteiger partial charge is 0.451 e. The fourth-order valence-corrected chi connectivity index (χ4v) is 3.25. The Balaban J connectivity index is 1.58. The number of rotatable bonds is 4. The standard InChI is InChI=1S/C18H15N3O3S/c1-10-5-6-14-13(8-10)11(2)15(23-14)17-20-21-18(24-17)16(22)19-9-12-4-3-7-25-12/h3-8H,9H2,1-2H3,(H,19,22). The molecule has 25 heavy (non-hydrogen) atoms. The number of fused-ring (bicyclic) bond motifs is 1. The number of nitrogens with zero attached hydrogens (tertiary/aromatic N) is 2. The van der Waals surface area contributed by atoms with Crippen LogP contribution in [0.15, 0.2) is 44.5 Å². The number of benzene rings is 1. The summed E-state index contributed by atoms with van der Waals surface area (Å²) in [7, 11) is 0. The van der Waals surface area contributed by atoms with Crippen molar-refractivity contribution < 1.29 is 13.6 Å². The maximum absolute atomic E-state index is 12.2. The van der Waals surface area contributed by atoms with Gasteiger partial charge in [0.05, 0.1) is 6.54 Å². The molecule has 1 N–H and O–H groups in total. The molecule has 0 fully saturated rings. The molecule has 0 saturated carbocycles. The van der Waals surface area contributed by atoms with Gasteiger partial charge in [0.2, 0.25) is 0 Å². The molecule has 3 aromatic heterocycles. The Bertz CT molecular complexity index is 1050. The van der Waals surface area contributed by atoms with Crippen molar-refractivity contribution in [2.24, 2.45) is 0 Å². The quantitative estimate of drug-likeness (QED) is 0.597. The van der Waals surface area contributed by atoms with Crippen LogP contribution in [0.1, 0.15) is 26.7 Å². The number of hydrogen-bond donors (Lipinski definition) is 1. The van der Waals surface area contributed by atoms with Crippen LogP contribution in [-0.4, -0.2) is 16.1 Å². The van der Waals surface area contributed by atoms with Crippen molar-refractivity contribution in [3.63, 3.8) is 0 Å². The highest BCUT2D eigenvalue weighted by Crippen LogP contribution is 2.32. The Morgan fingerprint density at radius 1 is 1.20 bits per heavy atom. The second-order valence-electron chi connectivity index (χ2n) is 5.73. The third-order valence-electron chi connectivity index (χ3n) is 3.91. The maximum atomic E-state index is 12.2. The zero-order chi connectivity index (χ0) is 17.4. The molecule has 3 heterocycles. The fourth-order valence-electron chi connectivity index (χ4n) is 2.60. The van der Waals surface area contributed by atoms with Gasteiger partial charge in [-0.1, -0.05) is 17.7 Å². The minimum absolute atomic E-state index is 0.0809. The van der Waals surface area contributed by atoms with E-state index in [1.54, 1.807) is 11.3 Å². The van der Waals surface area contributed by atoms with Crippen LogP contribution < -0.4 is 5.32 Å². The van der Waals surface area contributed by atoms with Gasteiger partial charge in [0.15, 0.2) is 5.76 Å². The lowest BCUT2D eigenvalue weighted by Gasteiger charge is -1.98. The fraction of sp³-hybridized carbons (Fsp3) is 0.167. The molecule has 0 unspecified atom stereocenters. The smallest absolute Gasteiger partial charge is 0.309 e. The van der Waals surface area contributed by atoms with E-state index >= 15 is 0 Å². The summed E-state index contributed by atoms with van der Waals surface area (Å²) in [5.74, 6) is 0.206. The monoisotopic (exact) mass is 353 g/mol. The molecule has 1 aromatic carbocycles. The first-order chi connectivity index (χ1) is 12.1. The Kier molecular flexibility index (Phi) is 3.85. The lowest BCUT2D eigenvalue weighted by Crippen LogP contribution is -2.22. The number of furan rings is 1. The molecule has 0 radical (unpaired) electrons. The molecule has 0 aliphatic heterocycles. The highest BCUT2D eigenvalue weighted by Gasteiger charge is 2.21. The molecule has 0 bridgehead atoms. The number of carbonyl (C=O) groups is 1. The van der Waals surface area contributed by atoms with E-state index in [9.17, 15) is 4.79 Å².